The van der Waals surface area contributed by atoms with Crippen LogP contribution in [0.5, 0.6) is 0 Å². The molecule has 194 valence electrons. The monoisotopic (exact) mass is 536 g/mol. The Labute approximate surface area is 220 Å². The number of hydrogen-bond acceptors (Lipinski definition) is 7. The molecule has 1 aromatic carbocycles. The molecular formula is C26H40N4O2S3. The van der Waals surface area contributed by atoms with E-state index >= 15 is 0 Å². The number of thiazole rings is 1. The molecule has 1 unspecified atom stereocenters. The Morgan fingerprint density at radius 2 is 2.06 bits per heavy atom. The van der Waals surface area contributed by atoms with Crippen molar-refractivity contribution in [3.8, 4) is 0 Å². The van der Waals surface area contributed by atoms with Gasteiger partial charge in [-0.1, -0.05) is 44.2 Å². The Kier molecular flexibility index (Phi) is 13.0. The van der Waals surface area contributed by atoms with E-state index in [1.54, 1.807) is 35.2 Å². The third-order valence-electron chi connectivity index (χ3n) is 5.25. The van der Waals surface area contributed by atoms with Gasteiger partial charge in [0.2, 0.25) is 0 Å². The minimum atomic E-state index is -3.49. The lowest BCUT2D eigenvalue weighted by Gasteiger charge is -2.15. The second-order valence-corrected chi connectivity index (χ2v) is 12.6. The van der Waals surface area contributed by atoms with E-state index < -0.39 is 9.84 Å². The van der Waals surface area contributed by atoms with Crippen LogP contribution in [0, 0.1) is 6.92 Å². The molecule has 1 atom stereocenters. The molecule has 0 aliphatic carbocycles. The molecule has 2 rings (SSSR count). The van der Waals surface area contributed by atoms with Crippen molar-refractivity contribution in [1.82, 2.24) is 15.6 Å². The summed E-state index contributed by atoms with van der Waals surface area (Å²) in [4.78, 5) is 11.2. The van der Waals surface area contributed by atoms with Crippen LogP contribution in [0.15, 0.2) is 46.3 Å². The smallest absolute Gasteiger partial charge is 0.185 e. The Hall–Kier alpha value is -1.68. The number of aryl methyl sites for hydroxylation is 2. The number of aromatic nitrogens is 1. The first kappa shape index (κ1) is 29.5. The minimum Gasteiger partial charge on any atom is -0.367 e. The molecule has 0 fully saturated rings. The number of sulfone groups is 1. The molecule has 0 aliphatic rings. The summed E-state index contributed by atoms with van der Waals surface area (Å²) in [6.07, 6.45) is 6.05. The van der Waals surface area contributed by atoms with Crippen LogP contribution in [0.1, 0.15) is 55.3 Å². The van der Waals surface area contributed by atoms with Gasteiger partial charge in [-0.15, -0.1) is 11.3 Å². The first-order chi connectivity index (χ1) is 16.8. The molecule has 0 saturated heterocycles. The minimum absolute atomic E-state index is 0.000306. The molecule has 0 aliphatic heterocycles. The molecule has 2 aromatic rings. The maximum atomic E-state index is 13.1. The summed E-state index contributed by atoms with van der Waals surface area (Å²) >= 11 is 3.59. The van der Waals surface area contributed by atoms with Gasteiger partial charge in [-0.3, -0.25) is 4.99 Å². The zero-order valence-corrected chi connectivity index (χ0v) is 24.1. The average molecular weight is 537 g/mol. The maximum absolute atomic E-state index is 13.1. The van der Waals surface area contributed by atoms with Crippen molar-refractivity contribution in [2.75, 3.05) is 24.6 Å². The topological polar surface area (TPSA) is 83.5 Å². The van der Waals surface area contributed by atoms with Crippen LogP contribution in [0.3, 0.4) is 0 Å². The van der Waals surface area contributed by atoms with Gasteiger partial charge in [0.05, 0.1) is 17.1 Å². The SMILES string of the molecule is CC=CC(C)NC(CS(=O)(=O)c1ccccc1C)=NCCSCc1nc(CNCCC)sc1CC. The highest BCUT2D eigenvalue weighted by Gasteiger charge is 2.20. The fourth-order valence-electron chi connectivity index (χ4n) is 3.58. The van der Waals surface area contributed by atoms with Crippen LogP contribution >= 0.6 is 23.1 Å². The number of nitrogens with zero attached hydrogens (tertiary/aromatic N) is 2. The molecule has 6 nitrogen and oxygen atoms in total. The van der Waals surface area contributed by atoms with E-state index in [4.69, 9.17) is 4.98 Å². The molecule has 0 saturated carbocycles. The highest BCUT2D eigenvalue weighted by Crippen LogP contribution is 2.23. The summed E-state index contributed by atoms with van der Waals surface area (Å²) in [6, 6.07) is 7.10. The fraction of sp³-hybridized carbons (Fsp3) is 0.538. The van der Waals surface area contributed by atoms with E-state index in [9.17, 15) is 8.42 Å². The third kappa shape index (κ3) is 10.1. The van der Waals surface area contributed by atoms with E-state index in [1.807, 2.05) is 45.1 Å². The zero-order chi connectivity index (χ0) is 25.7. The van der Waals surface area contributed by atoms with Crippen molar-refractivity contribution in [3.05, 3.63) is 57.6 Å². The van der Waals surface area contributed by atoms with Crippen molar-refractivity contribution in [2.24, 2.45) is 4.99 Å². The molecule has 1 aromatic heterocycles. The summed E-state index contributed by atoms with van der Waals surface area (Å²) in [6.45, 7) is 12.5. The molecule has 2 N–H and O–H groups in total. The second-order valence-electron chi connectivity index (χ2n) is 8.37. The van der Waals surface area contributed by atoms with Crippen LogP contribution in [-0.2, 0) is 28.6 Å². The van der Waals surface area contributed by atoms with Gasteiger partial charge in [-0.25, -0.2) is 13.4 Å². The van der Waals surface area contributed by atoms with Crippen molar-refractivity contribution in [1.29, 1.82) is 0 Å². The Morgan fingerprint density at radius 3 is 2.74 bits per heavy atom. The standard InChI is InChI=1S/C26H40N4O2S3/c1-6-11-21(5)29-25(19-35(31,32)24-13-10-9-12-20(24)4)28-15-16-33-18-22-23(8-3)34-26(30-22)17-27-14-7-2/h6,9-13,21,27H,7-8,14-19H2,1-5H3,(H,28,29). The first-order valence-electron chi connectivity index (χ1n) is 12.3. The maximum Gasteiger partial charge on any atom is 0.185 e. The number of nitrogens with one attached hydrogen (secondary N) is 2. The molecule has 0 radical (unpaired) electrons. The van der Waals surface area contributed by atoms with Crippen LogP contribution in [-0.4, -0.2) is 49.9 Å². The van der Waals surface area contributed by atoms with Gasteiger partial charge in [0.15, 0.2) is 9.84 Å². The number of aliphatic imine (C=N–C) groups is 1. The van der Waals surface area contributed by atoms with Gasteiger partial charge in [0, 0.05) is 29.0 Å². The van der Waals surface area contributed by atoms with E-state index in [2.05, 4.69) is 29.5 Å². The molecule has 0 amide bonds. The Morgan fingerprint density at radius 1 is 1.29 bits per heavy atom. The average Bonchev–Trinajstić information content (AvgIpc) is 3.21. The normalized spacial score (nSPS) is 13.5. The molecule has 9 heteroatoms. The van der Waals surface area contributed by atoms with Gasteiger partial charge in [-0.05, 0) is 51.8 Å². The second kappa shape index (κ2) is 15.4. The van der Waals surface area contributed by atoms with E-state index in [1.165, 1.54) is 10.6 Å². The van der Waals surface area contributed by atoms with Gasteiger partial charge in [-0.2, -0.15) is 11.8 Å². The number of thioether (sulfide) groups is 1. The predicted molar refractivity (Wildman–Crippen MR) is 153 cm³/mol. The number of allylic oxidation sites excluding steroid dienone is 1. The quantitative estimate of drug-likeness (QED) is 0.141. The number of hydrogen-bond donors (Lipinski definition) is 2. The van der Waals surface area contributed by atoms with Crippen molar-refractivity contribution < 1.29 is 8.42 Å². The third-order valence-corrected chi connectivity index (χ3v) is 9.23. The molecule has 0 spiro atoms. The number of benzene rings is 1. The lowest BCUT2D eigenvalue weighted by atomic mass is 10.2. The van der Waals surface area contributed by atoms with Crippen molar-refractivity contribution >= 4 is 38.8 Å². The Bertz CT molecular complexity index is 1080. The van der Waals surface area contributed by atoms with Gasteiger partial charge >= 0.3 is 0 Å². The number of rotatable bonds is 15. The molecule has 35 heavy (non-hydrogen) atoms. The van der Waals surface area contributed by atoms with Crippen LogP contribution in [0.25, 0.3) is 0 Å². The van der Waals surface area contributed by atoms with Crippen molar-refractivity contribution in [2.45, 2.75) is 70.7 Å². The zero-order valence-electron chi connectivity index (χ0n) is 21.6. The van der Waals surface area contributed by atoms with Gasteiger partial charge in [0.1, 0.15) is 16.6 Å². The Balaban J connectivity index is 2.01. The highest BCUT2D eigenvalue weighted by molar-refractivity contribution is 7.98. The summed E-state index contributed by atoms with van der Waals surface area (Å²) in [5.41, 5.74) is 1.92. The summed E-state index contributed by atoms with van der Waals surface area (Å²) in [5, 5.41) is 7.85. The number of amidine groups is 1. The van der Waals surface area contributed by atoms with Crippen molar-refractivity contribution in [3.63, 3.8) is 0 Å². The van der Waals surface area contributed by atoms with E-state index in [0.29, 0.717) is 17.3 Å². The highest BCUT2D eigenvalue weighted by atomic mass is 32.2. The first-order valence-corrected chi connectivity index (χ1v) is 15.9. The summed E-state index contributed by atoms with van der Waals surface area (Å²) in [7, 11) is -3.49. The fourth-order valence-corrected chi connectivity index (χ4v) is 7.00. The largest absolute Gasteiger partial charge is 0.367 e. The lowest BCUT2D eigenvalue weighted by molar-refractivity contribution is 0.598. The van der Waals surface area contributed by atoms with Crippen LogP contribution < -0.4 is 10.6 Å². The summed E-state index contributed by atoms with van der Waals surface area (Å²) in [5.74, 6) is 2.02. The van der Waals surface area contributed by atoms with Gasteiger partial charge < -0.3 is 10.6 Å². The molecule has 0 bridgehead atoms. The predicted octanol–water partition coefficient (Wildman–Crippen LogP) is 5.17. The lowest BCUT2D eigenvalue weighted by Crippen LogP contribution is -2.36. The van der Waals surface area contributed by atoms with E-state index in [-0.39, 0.29) is 11.8 Å². The van der Waals surface area contributed by atoms with E-state index in [0.717, 1.165) is 48.0 Å². The summed E-state index contributed by atoms with van der Waals surface area (Å²) < 4.78 is 26.2. The van der Waals surface area contributed by atoms with Crippen LogP contribution in [0.2, 0.25) is 0 Å². The molecular weight excluding hydrogens is 497 g/mol. The van der Waals surface area contributed by atoms with Gasteiger partial charge in [0.25, 0.3) is 0 Å². The molecule has 1 heterocycles. The van der Waals surface area contributed by atoms with Crippen LogP contribution in [0.4, 0.5) is 0 Å².